The number of rotatable bonds is 2. The van der Waals surface area contributed by atoms with Gasteiger partial charge < -0.3 is 10.6 Å². The summed E-state index contributed by atoms with van der Waals surface area (Å²) in [6.07, 6.45) is 1.34. The molecule has 92 valence electrons. The Morgan fingerprint density at radius 1 is 1.29 bits per heavy atom. The molecule has 2 rings (SSSR count). The highest BCUT2D eigenvalue weighted by atomic mass is 127. The monoisotopic (exact) mass is 348 g/mol. The molecule has 0 atom stereocenters. The van der Waals surface area contributed by atoms with Gasteiger partial charge in [-0.2, -0.15) is 0 Å². The lowest BCUT2D eigenvalue weighted by atomic mass is 9.89. The summed E-state index contributed by atoms with van der Waals surface area (Å²) in [7, 11) is 0. The van der Waals surface area contributed by atoms with E-state index in [1.807, 2.05) is 36.4 Å². The highest BCUT2D eigenvalue weighted by Gasteiger charge is 2.39. The molecule has 0 radical (unpaired) electrons. The Labute approximate surface area is 113 Å². The maximum absolute atomic E-state index is 13.5. The van der Waals surface area contributed by atoms with Crippen molar-refractivity contribution in [1.82, 2.24) is 0 Å². The van der Waals surface area contributed by atoms with Crippen LogP contribution in [0.4, 0.5) is 15.8 Å². The van der Waals surface area contributed by atoms with Crippen molar-refractivity contribution in [3.63, 3.8) is 0 Å². The Morgan fingerprint density at radius 3 is 2.53 bits per heavy atom. The standard InChI is InChI=1S/C12H14FIN2O/c1-3-12(4-2)11(17)15-9-6-8(14)7(13)5-10(9)16-12/h5-6,16H,3-4H2,1-2H3,(H,15,17). The third-order valence-corrected chi connectivity index (χ3v) is 4.15. The zero-order chi connectivity index (χ0) is 12.6. The SMILES string of the molecule is CCC1(CC)Nc2cc(F)c(I)cc2NC1=O. The minimum atomic E-state index is -0.619. The summed E-state index contributed by atoms with van der Waals surface area (Å²) in [4.78, 5) is 12.1. The molecule has 3 nitrogen and oxygen atoms in total. The van der Waals surface area contributed by atoms with Gasteiger partial charge in [0.2, 0.25) is 5.91 Å². The first-order chi connectivity index (χ1) is 8.02. The average Bonchev–Trinajstić information content (AvgIpc) is 2.31. The van der Waals surface area contributed by atoms with Crippen molar-refractivity contribution in [2.45, 2.75) is 32.2 Å². The first-order valence-corrected chi connectivity index (χ1v) is 6.69. The Hall–Kier alpha value is -0.850. The minimum Gasteiger partial charge on any atom is -0.369 e. The molecule has 2 N–H and O–H groups in total. The zero-order valence-electron chi connectivity index (χ0n) is 9.73. The van der Waals surface area contributed by atoms with Gasteiger partial charge in [0.05, 0.1) is 14.9 Å². The van der Waals surface area contributed by atoms with Crippen LogP contribution in [0, 0.1) is 9.39 Å². The molecule has 0 saturated carbocycles. The van der Waals surface area contributed by atoms with Gasteiger partial charge in [-0.05, 0) is 41.5 Å². The lowest BCUT2D eigenvalue weighted by Crippen LogP contribution is -2.51. The first kappa shape index (κ1) is 12.6. The van der Waals surface area contributed by atoms with Gasteiger partial charge in [-0.25, -0.2) is 4.39 Å². The molecule has 0 aromatic heterocycles. The molecule has 1 heterocycles. The quantitative estimate of drug-likeness (QED) is 0.805. The fourth-order valence-corrected chi connectivity index (χ4v) is 2.53. The van der Waals surface area contributed by atoms with Gasteiger partial charge in [-0.1, -0.05) is 13.8 Å². The first-order valence-electron chi connectivity index (χ1n) is 5.61. The Balaban J connectivity index is 2.47. The summed E-state index contributed by atoms with van der Waals surface area (Å²) in [5, 5.41) is 6.02. The lowest BCUT2D eigenvalue weighted by molar-refractivity contribution is -0.120. The highest BCUT2D eigenvalue weighted by molar-refractivity contribution is 14.1. The van der Waals surface area contributed by atoms with Crippen LogP contribution in [0.1, 0.15) is 26.7 Å². The number of carbonyl (C=O) groups is 1. The zero-order valence-corrected chi connectivity index (χ0v) is 11.9. The van der Waals surface area contributed by atoms with E-state index in [2.05, 4.69) is 10.6 Å². The molecule has 1 aromatic rings. The summed E-state index contributed by atoms with van der Waals surface area (Å²) in [6, 6.07) is 3.09. The number of fused-ring (bicyclic) bond motifs is 1. The molecular weight excluding hydrogens is 334 g/mol. The van der Waals surface area contributed by atoms with E-state index in [0.29, 0.717) is 27.8 Å². The van der Waals surface area contributed by atoms with E-state index >= 15 is 0 Å². The number of amides is 1. The van der Waals surface area contributed by atoms with E-state index in [4.69, 9.17) is 0 Å². The Bertz CT molecular complexity index is 472. The van der Waals surface area contributed by atoms with Gasteiger partial charge in [0.25, 0.3) is 0 Å². The van der Waals surface area contributed by atoms with E-state index in [0.717, 1.165) is 0 Å². The highest BCUT2D eigenvalue weighted by Crippen LogP contribution is 2.36. The van der Waals surface area contributed by atoms with Crippen LogP contribution in [0.15, 0.2) is 12.1 Å². The minimum absolute atomic E-state index is 0.0441. The van der Waals surface area contributed by atoms with Crippen molar-refractivity contribution in [3.05, 3.63) is 21.5 Å². The molecule has 0 unspecified atom stereocenters. The molecule has 0 aliphatic carbocycles. The van der Waals surface area contributed by atoms with E-state index in [1.165, 1.54) is 6.07 Å². The van der Waals surface area contributed by atoms with Crippen LogP contribution < -0.4 is 10.6 Å². The Kier molecular flexibility index (Phi) is 3.29. The van der Waals surface area contributed by atoms with Crippen molar-refractivity contribution < 1.29 is 9.18 Å². The smallest absolute Gasteiger partial charge is 0.250 e. The van der Waals surface area contributed by atoms with Gasteiger partial charge in [-0.15, -0.1) is 0 Å². The molecule has 1 amide bonds. The van der Waals surface area contributed by atoms with E-state index in [-0.39, 0.29) is 11.7 Å². The van der Waals surface area contributed by atoms with Crippen LogP contribution >= 0.6 is 22.6 Å². The van der Waals surface area contributed by atoms with Crippen molar-refractivity contribution >= 4 is 39.9 Å². The van der Waals surface area contributed by atoms with Crippen LogP contribution in [0.3, 0.4) is 0 Å². The van der Waals surface area contributed by atoms with E-state index < -0.39 is 5.54 Å². The Morgan fingerprint density at radius 2 is 1.94 bits per heavy atom. The maximum Gasteiger partial charge on any atom is 0.250 e. The number of halogens is 2. The van der Waals surface area contributed by atoms with Gasteiger partial charge in [0.1, 0.15) is 11.4 Å². The molecule has 17 heavy (non-hydrogen) atoms. The summed E-state index contributed by atoms with van der Waals surface area (Å²) in [5.41, 5.74) is 0.691. The second-order valence-electron chi connectivity index (χ2n) is 4.18. The molecule has 0 spiro atoms. The number of anilines is 2. The second-order valence-corrected chi connectivity index (χ2v) is 5.34. The summed E-state index contributed by atoms with van der Waals surface area (Å²) >= 11 is 1.91. The number of hydrogen-bond acceptors (Lipinski definition) is 2. The number of hydrogen-bond donors (Lipinski definition) is 2. The predicted octanol–water partition coefficient (Wildman–Crippen LogP) is 3.35. The van der Waals surface area contributed by atoms with Crippen LogP contribution in [-0.2, 0) is 4.79 Å². The molecule has 1 aliphatic rings. The van der Waals surface area contributed by atoms with Gasteiger partial charge in [-0.3, -0.25) is 4.79 Å². The molecular formula is C12H14FIN2O. The second kappa shape index (κ2) is 4.44. The largest absolute Gasteiger partial charge is 0.369 e. The molecule has 0 bridgehead atoms. The van der Waals surface area contributed by atoms with Crippen molar-refractivity contribution in [3.8, 4) is 0 Å². The van der Waals surface area contributed by atoms with Crippen LogP contribution in [0.2, 0.25) is 0 Å². The topological polar surface area (TPSA) is 41.1 Å². The van der Waals surface area contributed by atoms with Crippen LogP contribution in [-0.4, -0.2) is 11.4 Å². The molecule has 1 aliphatic heterocycles. The normalized spacial score (nSPS) is 17.1. The number of nitrogens with one attached hydrogen (secondary N) is 2. The molecule has 1 aromatic carbocycles. The molecule has 5 heteroatoms. The van der Waals surface area contributed by atoms with Crippen LogP contribution in [0.25, 0.3) is 0 Å². The fraction of sp³-hybridized carbons (Fsp3) is 0.417. The third kappa shape index (κ3) is 2.00. The lowest BCUT2D eigenvalue weighted by Gasteiger charge is -2.37. The van der Waals surface area contributed by atoms with E-state index in [9.17, 15) is 9.18 Å². The average molecular weight is 348 g/mol. The third-order valence-electron chi connectivity index (χ3n) is 3.32. The van der Waals surface area contributed by atoms with E-state index in [1.54, 1.807) is 6.07 Å². The van der Waals surface area contributed by atoms with Crippen molar-refractivity contribution in [2.24, 2.45) is 0 Å². The maximum atomic E-state index is 13.5. The molecule has 0 saturated heterocycles. The van der Waals surface area contributed by atoms with Gasteiger partial charge in [0.15, 0.2) is 0 Å². The van der Waals surface area contributed by atoms with Gasteiger partial charge >= 0.3 is 0 Å². The van der Waals surface area contributed by atoms with Crippen LogP contribution in [0.5, 0.6) is 0 Å². The molecule has 0 fully saturated rings. The number of carbonyl (C=O) groups excluding carboxylic acids is 1. The van der Waals surface area contributed by atoms with Gasteiger partial charge in [0, 0.05) is 6.07 Å². The van der Waals surface area contributed by atoms with Crippen molar-refractivity contribution in [2.75, 3.05) is 10.6 Å². The summed E-state index contributed by atoms with van der Waals surface area (Å²) in [6.45, 7) is 3.90. The number of benzene rings is 1. The van der Waals surface area contributed by atoms with Crippen molar-refractivity contribution in [1.29, 1.82) is 0 Å². The fourth-order valence-electron chi connectivity index (χ4n) is 2.06. The summed E-state index contributed by atoms with van der Waals surface area (Å²) in [5.74, 6) is -0.313. The predicted molar refractivity (Wildman–Crippen MR) is 74.7 cm³/mol. The summed E-state index contributed by atoms with van der Waals surface area (Å²) < 4.78 is 14.0.